The van der Waals surface area contributed by atoms with E-state index in [9.17, 15) is 13.2 Å². The van der Waals surface area contributed by atoms with Gasteiger partial charge in [0.25, 0.3) is 0 Å². The summed E-state index contributed by atoms with van der Waals surface area (Å²) in [5, 5.41) is 3.39. The number of aryl methyl sites for hydroxylation is 1. The highest BCUT2D eigenvalue weighted by molar-refractivity contribution is 7.88. The number of hydrogen-bond acceptors (Lipinski definition) is 3. The van der Waals surface area contributed by atoms with Crippen molar-refractivity contribution in [2.75, 3.05) is 11.6 Å². The van der Waals surface area contributed by atoms with Gasteiger partial charge in [-0.3, -0.25) is 4.79 Å². The molecule has 2 aromatic rings. The lowest BCUT2D eigenvalue weighted by Gasteiger charge is -2.18. The van der Waals surface area contributed by atoms with Gasteiger partial charge in [-0.05, 0) is 48.7 Å². The molecule has 0 saturated heterocycles. The van der Waals surface area contributed by atoms with E-state index in [0.717, 1.165) is 23.1 Å². The second-order valence-electron chi connectivity index (χ2n) is 5.99. The molecule has 7 heteroatoms. The van der Waals surface area contributed by atoms with Crippen molar-refractivity contribution in [1.29, 1.82) is 0 Å². The van der Waals surface area contributed by atoms with Crippen LogP contribution in [0.4, 0.5) is 5.69 Å². The van der Waals surface area contributed by atoms with Gasteiger partial charge >= 0.3 is 0 Å². The van der Waals surface area contributed by atoms with Crippen LogP contribution in [0.5, 0.6) is 0 Å². The summed E-state index contributed by atoms with van der Waals surface area (Å²) >= 11 is 5.88. The highest BCUT2D eigenvalue weighted by Gasteiger charge is 2.20. The number of hydrogen-bond donors (Lipinski definition) is 2. The summed E-state index contributed by atoms with van der Waals surface area (Å²) in [6.07, 6.45) is 1.04. The van der Waals surface area contributed by atoms with Crippen LogP contribution in [0, 0.1) is 13.8 Å². The van der Waals surface area contributed by atoms with Gasteiger partial charge in [0.2, 0.25) is 15.9 Å². The van der Waals surface area contributed by atoms with Crippen molar-refractivity contribution in [2.24, 2.45) is 0 Å². The second kappa shape index (κ2) is 7.99. The molecule has 0 saturated carbocycles. The minimum Gasteiger partial charge on any atom is -0.326 e. The molecule has 0 aliphatic heterocycles. The fraction of sp³-hybridized carbons (Fsp3) is 0.278. The van der Waals surface area contributed by atoms with Gasteiger partial charge in [-0.2, -0.15) is 0 Å². The first-order valence-corrected chi connectivity index (χ1v) is 10.0. The molecule has 0 fully saturated rings. The normalized spacial score (nSPS) is 12.6. The molecular weight excluding hydrogens is 360 g/mol. The Morgan fingerprint density at radius 1 is 1.12 bits per heavy atom. The number of anilines is 1. The van der Waals surface area contributed by atoms with Crippen LogP contribution in [0.25, 0.3) is 0 Å². The average molecular weight is 381 g/mol. The fourth-order valence-electron chi connectivity index (χ4n) is 2.45. The molecule has 5 nitrogen and oxygen atoms in total. The van der Waals surface area contributed by atoms with Crippen molar-refractivity contribution in [3.63, 3.8) is 0 Å². The summed E-state index contributed by atoms with van der Waals surface area (Å²) in [6.45, 7) is 3.89. The van der Waals surface area contributed by atoms with Crippen LogP contribution in [0.2, 0.25) is 5.02 Å². The van der Waals surface area contributed by atoms with E-state index < -0.39 is 16.1 Å². The molecule has 0 aliphatic rings. The first-order valence-electron chi connectivity index (χ1n) is 7.74. The molecule has 0 spiro atoms. The molecule has 1 atom stereocenters. The van der Waals surface area contributed by atoms with Gasteiger partial charge in [-0.1, -0.05) is 35.9 Å². The van der Waals surface area contributed by atoms with Crippen LogP contribution in [-0.2, 0) is 14.8 Å². The molecule has 2 rings (SSSR count). The van der Waals surface area contributed by atoms with Crippen molar-refractivity contribution in [3.8, 4) is 0 Å². The van der Waals surface area contributed by atoms with Crippen LogP contribution < -0.4 is 10.0 Å². The van der Waals surface area contributed by atoms with E-state index in [1.54, 1.807) is 24.3 Å². The Hall–Kier alpha value is -1.89. The van der Waals surface area contributed by atoms with Crippen molar-refractivity contribution >= 4 is 33.2 Å². The third kappa shape index (κ3) is 5.85. The molecule has 0 heterocycles. The van der Waals surface area contributed by atoms with Crippen LogP contribution in [0.3, 0.4) is 0 Å². The summed E-state index contributed by atoms with van der Waals surface area (Å²) < 4.78 is 25.8. The fourth-order valence-corrected chi connectivity index (χ4v) is 3.32. The van der Waals surface area contributed by atoms with Gasteiger partial charge < -0.3 is 5.32 Å². The zero-order valence-corrected chi connectivity index (χ0v) is 15.9. The van der Waals surface area contributed by atoms with Gasteiger partial charge in [0.1, 0.15) is 0 Å². The first-order chi connectivity index (χ1) is 11.7. The molecule has 0 radical (unpaired) electrons. The largest absolute Gasteiger partial charge is 0.326 e. The standard InChI is InChI=1S/C18H21ClN2O3S/c1-12-5-4-6-16(13(12)2)20-18(22)11-17(21-25(3,23)24)14-7-9-15(19)10-8-14/h4-10,17,21H,11H2,1-3H3,(H,20,22). The van der Waals surface area contributed by atoms with E-state index in [0.29, 0.717) is 10.6 Å². The van der Waals surface area contributed by atoms with E-state index in [1.165, 1.54) is 0 Å². The maximum atomic E-state index is 12.4. The number of sulfonamides is 1. The third-order valence-corrected chi connectivity index (χ3v) is 4.86. The average Bonchev–Trinajstić information content (AvgIpc) is 2.50. The Bertz CT molecular complexity index is 864. The van der Waals surface area contributed by atoms with E-state index in [1.807, 2.05) is 32.0 Å². The molecule has 0 aliphatic carbocycles. The second-order valence-corrected chi connectivity index (χ2v) is 8.21. The number of rotatable bonds is 6. The zero-order valence-electron chi connectivity index (χ0n) is 14.3. The third-order valence-electron chi connectivity index (χ3n) is 3.90. The van der Waals surface area contributed by atoms with Gasteiger partial charge in [0, 0.05) is 17.1 Å². The molecule has 2 N–H and O–H groups in total. The summed E-state index contributed by atoms with van der Waals surface area (Å²) in [6, 6.07) is 11.7. The quantitative estimate of drug-likeness (QED) is 0.804. The van der Waals surface area contributed by atoms with Crippen molar-refractivity contribution in [1.82, 2.24) is 4.72 Å². The summed E-state index contributed by atoms with van der Waals surface area (Å²) in [5.74, 6) is -0.273. The summed E-state index contributed by atoms with van der Waals surface area (Å²) in [4.78, 5) is 12.4. The number of carbonyl (C=O) groups is 1. The Kier molecular flexibility index (Phi) is 6.21. The predicted octanol–water partition coefficient (Wildman–Crippen LogP) is 3.58. The molecule has 134 valence electrons. The van der Waals surface area contributed by atoms with Crippen molar-refractivity contribution in [2.45, 2.75) is 26.3 Å². The molecule has 0 aromatic heterocycles. The maximum absolute atomic E-state index is 12.4. The Morgan fingerprint density at radius 2 is 1.76 bits per heavy atom. The number of carbonyl (C=O) groups excluding carboxylic acids is 1. The lowest BCUT2D eigenvalue weighted by atomic mass is 10.0. The highest BCUT2D eigenvalue weighted by atomic mass is 35.5. The molecule has 0 bridgehead atoms. The van der Waals surface area contributed by atoms with E-state index in [4.69, 9.17) is 11.6 Å². The van der Waals surface area contributed by atoms with Gasteiger partial charge in [-0.15, -0.1) is 0 Å². The molecule has 2 aromatic carbocycles. The number of amides is 1. The maximum Gasteiger partial charge on any atom is 0.226 e. The molecular formula is C18H21ClN2O3S. The topological polar surface area (TPSA) is 75.3 Å². The predicted molar refractivity (Wildman–Crippen MR) is 101 cm³/mol. The van der Waals surface area contributed by atoms with Crippen LogP contribution in [0.1, 0.15) is 29.2 Å². The van der Waals surface area contributed by atoms with Crippen LogP contribution >= 0.6 is 11.6 Å². The molecule has 25 heavy (non-hydrogen) atoms. The lowest BCUT2D eigenvalue weighted by Crippen LogP contribution is -2.30. The van der Waals surface area contributed by atoms with Gasteiger partial charge in [-0.25, -0.2) is 13.1 Å². The minimum absolute atomic E-state index is 0.0257. The van der Waals surface area contributed by atoms with Crippen LogP contribution in [0.15, 0.2) is 42.5 Å². The zero-order chi connectivity index (χ0) is 18.6. The van der Waals surface area contributed by atoms with E-state index in [-0.39, 0.29) is 12.3 Å². The number of nitrogens with one attached hydrogen (secondary N) is 2. The SMILES string of the molecule is Cc1cccc(NC(=O)CC(NS(C)(=O)=O)c2ccc(Cl)cc2)c1C. The van der Waals surface area contributed by atoms with E-state index >= 15 is 0 Å². The Labute approximate surface area is 153 Å². The summed E-state index contributed by atoms with van der Waals surface area (Å²) in [5.41, 5.74) is 3.45. The monoisotopic (exact) mass is 380 g/mol. The van der Waals surface area contributed by atoms with Crippen LogP contribution in [-0.4, -0.2) is 20.6 Å². The summed E-state index contributed by atoms with van der Waals surface area (Å²) in [7, 11) is -3.48. The van der Waals surface area contributed by atoms with Gasteiger partial charge in [0.05, 0.1) is 12.3 Å². The Morgan fingerprint density at radius 3 is 2.36 bits per heavy atom. The number of halogens is 1. The van der Waals surface area contributed by atoms with Crippen molar-refractivity contribution < 1.29 is 13.2 Å². The van der Waals surface area contributed by atoms with Gasteiger partial charge in [0.15, 0.2) is 0 Å². The van der Waals surface area contributed by atoms with E-state index in [2.05, 4.69) is 10.0 Å². The van der Waals surface area contributed by atoms with Crippen molar-refractivity contribution in [3.05, 3.63) is 64.2 Å². The Balaban J connectivity index is 2.19. The highest BCUT2D eigenvalue weighted by Crippen LogP contribution is 2.23. The number of benzene rings is 2. The molecule has 1 unspecified atom stereocenters. The lowest BCUT2D eigenvalue weighted by molar-refractivity contribution is -0.116. The molecule has 1 amide bonds. The smallest absolute Gasteiger partial charge is 0.226 e. The first kappa shape index (κ1) is 19.4. The minimum atomic E-state index is -3.48.